The topological polar surface area (TPSA) is 178 Å². The molecule has 3 heterocycles. The lowest BCUT2D eigenvalue weighted by atomic mass is 9.88. The van der Waals surface area contributed by atoms with E-state index in [0.717, 1.165) is 55.7 Å². The lowest BCUT2D eigenvalue weighted by molar-refractivity contribution is -0.157. The number of esters is 1. The van der Waals surface area contributed by atoms with Crippen molar-refractivity contribution in [2.75, 3.05) is 57.4 Å². The number of aliphatic carboxylic acids is 1. The zero-order chi connectivity index (χ0) is 41.2. The third kappa shape index (κ3) is 9.84. The number of hydrogen-bond acceptors (Lipinski definition) is 12. The quantitative estimate of drug-likeness (QED) is 0.0858. The molecule has 0 amide bonds. The number of pyridine rings is 1. The molecule has 15 heteroatoms. The van der Waals surface area contributed by atoms with Crippen LogP contribution in [0.5, 0.6) is 11.5 Å². The van der Waals surface area contributed by atoms with Gasteiger partial charge in [-0.25, -0.2) is 0 Å². The summed E-state index contributed by atoms with van der Waals surface area (Å²) in [5, 5.41) is 41.9. The number of carbonyl (C=O) groups is 2. The van der Waals surface area contributed by atoms with Crippen molar-refractivity contribution < 1.29 is 39.1 Å². The number of nitriles is 1. The Hall–Kier alpha value is -4.94. The van der Waals surface area contributed by atoms with Crippen LogP contribution >= 0.6 is 23.2 Å². The summed E-state index contributed by atoms with van der Waals surface area (Å²) in [7, 11) is 0. The molecule has 2 aliphatic rings. The fourth-order valence-electron chi connectivity index (χ4n) is 7.53. The molecule has 0 saturated carbocycles. The first kappa shape index (κ1) is 42.7. The number of anilines is 1. The van der Waals surface area contributed by atoms with Crippen LogP contribution in [0.3, 0.4) is 0 Å². The highest BCUT2D eigenvalue weighted by molar-refractivity contribution is 6.34. The van der Waals surface area contributed by atoms with Gasteiger partial charge in [0.2, 0.25) is 0 Å². The second kappa shape index (κ2) is 19.7. The van der Waals surface area contributed by atoms with E-state index in [4.69, 9.17) is 37.4 Å². The molecule has 3 aromatic carbocycles. The number of nitrogens with one attached hydrogen (secondary N) is 1. The first-order valence-electron chi connectivity index (χ1n) is 19.2. The summed E-state index contributed by atoms with van der Waals surface area (Å²) < 4.78 is 17.6. The number of nitrogens with zero attached hydrogens (tertiary/aromatic N) is 4. The van der Waals surface area contributed by atoms with Crippen LogP contribution < -0.4 is 19.7 Å². The molecule has 1 aromatic heterocycles. The first-order valence-corrected chi connectivity index (χ1v) is 20.0. The van der Waals surface area contributed by atoms with Gasteiger partial charge in [0.15, 0.2) is 0 Å². The van der Waals surface area contributed by atoms with Crippen molar-refractivity contribution in [3.8, 4) is 28.7 Å². The van der Waals surface area contributed by atoms with Crippen molar-refractivity contribution in [3.63, 3.8) is 0 Å². The zero-order valence-corrected chi connectivity index (χ0v) is 33.8. The van der Waals surface area contributed by atoms with E-state index in [-0.39, 0.29) is 37.4 Å². The van der Waals surface area contributed by atoms with Crippen LogP contribution in [0.15, 0.2) is 67.0 Å². The maximum Gasteiger partial charge on any atom is 0.323 e. The molecule has 13 nitrogen and oxygen atoms in total. The van der Waals surface area contributed by atoms with E-state index in [1.807, 2.05) is 24.3 Å². The van der Waals surface area contributed by atoms with Gasteiger partial charge < -0.3 is 39.3 Å². The summed E-state index contributed by atoms with van der Waals surface area (Å²) in [5.74, 6) is -0.846. The second-order valence-corrected chi connectivity index (χ2v) is 15.3. The maximum atomic E-state index is 12.6. The molecule has 0 radical (unpaired) electrons. The molecule has 0 spiro atoms. The third-order valence-corrected chi connectivity index (χ3v) is 11.4. The van der Waals surface area contributed by atoms with E-state index in [2.05, 4.69) is 38.3 Å². The Kier molecular flexibility index (Phi) is 14.5. The Bertz CT molecular complexity index is 2150. The molecule has 6 rings (SSSR count). The van der Waals surface area contributed by atoms with Crippen molar-refractivity contribution in [2.24, 2.45) is 5.41 Å². The van der Waals surface area contributed by atoms with Crippen LogP contribution in [0.1, 0.15) is 47.6 Å². The van der Waals surface area contributed by atoms with E-state index in [1.54, 1.807) is 31.3 Å². The van der Waals surface area contributed by atoms with E-state index in [9.17, 15) is 30.2 Å². The predicted molar refractivity (Wildman–Crippen MR) is 219 cm³/mol. The number of carboxylic acid groups (broad SMARTS) is 1. The molecule has 2 atom stereocenters. The highest BCUT2D eigenvalue weighted by atomic mass is 35.5. The number of aliphatic hydroxyl groups is 2. The molecule has 1 saturated heterocycles. The SMILES string of the molecule is CCOC(=O)C1(CO)CCN(CCCN2CCc3c(-c4cccc(COc5cc(OCc6cncc(C#N)c6)c(CNC(CO)C(=O)O)cc5Cl)c4Cl)cccc32)C1. The number of ether oxygens (including phenoxy) is 3. The van der Waals surface area contributed by atoms with Gasteiger partial charge in [-0.1, -0.05) is 53.5 Å². The summed E-state index contributed by atoms with van der Waals surface area (Å²) in [5.41, 5.74) is 5.81. The van der Waals surface area contributed by atoms with Crippen LogP contribution in [0.25, 0.3) is 11.1 Å². The van der Waals surface area contributed by atoms with Gasteiger partial charge >= 0.3 is 11.9 Å². The Morgan fingerprint density at radius 2 is 1.79 bits per heavy atom. The van der Waals surface area contributed by atoms with Gasteiger partial charge in [0, 0.05) is 72.6 Å². The largest absolute Gasteiger partial charge is 0.488 e. The zero-order valence-electron chi connectivity index (χ0n) is 32.3. The maximum absolute atomic E-state index is 12.6. The van der Waals surface area contributed by atoms with E-state index in [0.29, 0.717) is 52.8 Å². The third-order valence-electron chi connectivity index (χ3n) is 10.7. The van der Waals surface area contributed by atoms with Gasteiger partial charge in [-0.15, -0.1) is 0 Å². The molecule has 0 aliphatic carbocycles. The summed E-state index contributed by atoms with van der Waals surface area (Å²) >= 11 is 13.8. The average molecular weight is 833 g/mol. The van der Waals surface area contributed by atoms with Crippen molar-refractivity contribution >= 4 is 40.8 Å². The fraction of sp³-hybridized carbons (Fsp3) is 0.395. The molecular weight excluding hydrogens is 785 g/mol. The molecule has 58 heavy (non-hydrogen) atoms. The van der Waals surface area contributed by atoms with Crippen LogP contribution in [-0.4, -0.2) is 95.7 Å². The van der Waals surface area contributed by atoms with Gasteiger partial charge in [-0.3, -0.25) is 19.9 Å². The van der Waals surface area contributed by atoms with E-state index >= 15 is 0 Å². The van der Waals surface area contributed by atoms with Crippen molar-refractivity contribution in [1.82, 2.24) is 15.2 Å². The number of carboxylic acids is 1. The number of aliphatic hydroxyl groups excluding tert-OH is 2. The number of likely N-dealkylation sites (tertiary alicyclic amines) is 1. The number of rotatable bonds is 19. The number of hydrogen-bond donors (Lipinski definition) is 4. The minimum absolute atomic E-state index is 0.0247. The highest BCUT2D eigenvalue weighted by Gasteiger charge is 2.45. The van der Waals surface area contributed by atoms with Crippen molar-refractivity contribution in [1.29, 1.82) is 5.26 Å². The molecule has 306 valence electrons. The van der Waals surface area contributed by atoms with Crippen LogP contribution in [0.2, 0.25) is 10.0 Å². The molecule has 2 unspecified atom stereocenters. The molecular formula is C43H47Cl2N5O8. The number of aromatic nitrogens is 1. The molecule has 4 N–H and O–H groups in total. The average Bonchev–Trinajstić information content (AvgIpc) is 3.86. The molecule has 2 aliphatic heterocycles. The Balaban J connectivity index is 1.14. The summed E-state index contributed by atoms with van der Waals surface area (Å²) in [6.07, 6.45) is 5.40. The van der Waals surface area contributed by atoms with Gasteiger partial charge in [0.05, 0.1) is 35.4 Å². The van der Waals surface area contributed by atoms with E-state index < -0.39 is 24.0 Å². The van der Waals surface area contributed by atoms with Gasteiger partial charge in [0.1, 0.15) is 42.2 Å². The Morgan fingerprint density at radius 1 is 1.00 bits per heavy atom. The molecule has 4 aromatic rings. The Labute approximate surface area is 347 Å². The van der Waals surface area contributed by atoms with E-state index in [1.165, 1.54) is 17.4 Å². The smallest absolute Gasteiger partial charge is 0.323 e. The number of halogens is 2. The summed E-state index contributed by atoms with van der Waals surface area (Å²) in [4.78, 5) is 32.8. The standard InChI is InChI=1S/C43H47Cl2N5O8/c1-2-56-42(55)43(27-52)11-15-49(26-43)12-5-13-50-14-10-33-32(7-4-9-37(33)50)34-8-3-6-30(40(34)45)25-58-39-18-38(57-24-29-16-28(19-46)20-47-21-29)31(17-35(39)44)22-48-36(23-51)41(53)54/h3-4,6-9,16-18,20-21,36,48,51-52H,2,5,10-15,22-27H2,1H3,(H,53,54). The van der Waals surface area contributed by atoms with Gasteiger partial charge in [-0.05, 0) is 68.6 Å². The van der Waals surface area contributed by atoms with Crippen molar-refractivity contribution in [3.05, 3.63) is 105 Å². The monoisotopic (exact) mass is 831 g/mol. The normalized spacial score (nSPS) is 16.8. The van der Waals surface area contributed by atoms with Gasteiger partial charge in [0.25, 0.3) is 0 Å². The highest BCUT2D eigenvalue weighted by Crippen LogP contribution is 2.41. The summed E-state index contributed by atoms with van der Waals surface area (Å²) in [6, 6.07) is 17.9. The minimum atomic E-state index is -1.20. The number of fused-ring (bicyclic) bond motifs is 1. The van der Waals surface area contributed by atoms with Crippen LogP contribution in [-0.2, 0) is 40.5 Å². The number of benzene rings is 3. The van der Waals surface area contributed by atoms with Crippen LogP contribution in [0.4, 0.5) is 5.69 Å². The second-order valence-electron chi connectivity index (χ2n) is 14.5. The fourth-order valence-corrected chi connectivity index (χ4v) is 8.05. The summed E-state index contributed by atoms with van der Waals surface area (Å²) in [6.45, 7) is 5.25. The minimum Gasteiger partial charge on any atom is -0.488 e. The lowest BCUT2D eigenvalue weighted by Crippen LogP contribution is -2.40. The lowest BCUT2D eigenvalue weighted by Gasteiger charge is -2.25. The Morgan fingerprint density at radius 3 is 2.55 bits per heavy atom. The molecule has 1 fully saturated rings. The van der Waals surface area contributed by atoms with Crippen LogP contribution in [0, 0.1) is 16.7 Å². The van der Waals surface area contributed by atoms with Crippen molar-refractivity contribution in [2.45, 2.75) is 52.0 Å². The predicted octanol–water partition coefficient (Wildman–Crippen LogP) is 5.62. The number of carbonyl (C=O) groups excluding carboxylic acids is 1. The molecule has 0 bridgehead atoms. The van der Waals surface area contributed by atoms with Gasteiger partial charge in [-0.2, -0.15) is 5.26 Å². The first-order chi connectivity index (χ1) is 28.1.